The summed E-state index contributed by atoms with van der Waals surface area (Å²) in [5.41, 5.74) is 1.85. The third kappa shape index (κ3) is 2.56. The highest BCUT2D eigenvalue weighted by Crippen LogP contribution is 2.32. The average Bonchev–Trinajstić information content (AvgIpc) is 3.01. The van der Waals surface area contributed by atoms with E-state index < -0.39 is 0 Å². The van der Waals surface area contributed by atoms with Crippen molar-refractivity contribution in [2.24, 2.45) is 0 Å². The number of aryl methyl sites for hydroxylation is 1. The van der Waals surface area contributed by atoms with Gasteiger partial charge in [0.25, 0.3) is 0 Å². The number of furan rings is 1. The molecule has 110 valence electrons. The van der Waals surface area contributed by atoms with E-state index in [1.807, 2.05) is 44.2 Å². The van der Waals surface area contributed by atoms with E-state index in [4.69, 9.17) is 27.6 Å². The highest BCUT2D eigenvalue weighted by Gasteiger charge is 2.22. The zero-order valence-corrected chi connectivity index (χ0v) is 13.6. The number of rotatable bonds is 3. The van der Waals surface area contributed by atoms with Crippen LogP contribution in [-0.4, -0.2) is 9.55 Å². The molecule has 0 aliphatic heterocycles. The van der Waals surface area contributed by atoms with Crippen molar-refractivity contribution >= 4 is 34.2 Å². The summed E-state index contributed by atoms with van der Waals surface area (Å²) in [4.78, 5) is 4.63. The average molecular weight is 323 g/mol. The molecule has 3 nitrogen and oxygen atoms in total. The van der Waals surface area contributed by atoms with Gasteiger partial charge in [0.05, 0.1) is 22.5 Å². The number of imidazole rings is 1. The van der Waals surface area contributed by atoms with Crippen molar-refractivity contribution in [2.45, 2.75) is 32.2 Å². The molecule has 0 saturated heterocycles. The molecule has 0 amide bonds. The number of fused-ring (bicyclic) bond motifs is 1. The van der Waals surface area contributed by atoms with Gasteiger partial charge in [-0.05, 0) is 51.1 Å². The van der Waals surface area contributed by atoms with Gasteiger partial charge >= 0.3 is 0 Å². The van der Waals surface area contributed by atoms with Crippen molar-refractivity contribution in [1.82, 2.24) is 9.55 Å². The fourth-order valence-electron chi connectivity index (χ4n) is 2.58. The summed E-state index contributed by atoms with van der Waals surface area (Å²) >= 11 is 12.4. The van der Waals surface area contributed by atoms with Gasteiger partial charge in [-0.2, -0.15) is 0 Å². The van der Waals surface area contributed by atoms with Gasteiger partial charge in [-0.3, -0.25) is 0 Å². The minimum Gasteiger partial charge on any atom is -0.464 e. The fraction of sp³-hybridized carbons (Fsp3) is 0.312. The molecule has 0 aliphatic rings. The molecule has 1 aromatic carbocycles. The Bertz CT molecular complexity index is 789. The lowest BCUT2D eigenvalue weighted by Crippen LogP contribution is -2.10. The Morgan fingerprint density at radius 2 is 1.95 bits per heavy atom. The van der Waals surface area contributed by atoms with Crippen molar-refractivity contribution in [2.75, 3.05) is 0 Å². The molecule has 2 unspecified atom stereocenters. The molecule has 0 N–H and O–H groups in total. The normalized spacial score (nSPS) is 14.5. The standard InChI is InChI=1S/C16H16Cl2N2O/c1-9-4-7-15(21-9)11(3)20-14-6-5-12(18)8-13(14)19-16(20)10(2)17/h4-8,10-11H,1-3H3. The van der Waals surface area contributed by atoms with E-state index in [9.17, 15) is 0 Å². The molecule has 0 fully saturated rings. The monoisotopic (exact) mass is 322 g/mol. The van der Waals surface area contributed by atoms with E-state index in [0.717, 1.165) is 28.4 Å². The first-order valence-corrected chi connectivity index (χ1v) is 7.66. The number of nitrogens with zero attached hydrogens (tertiary/aromatic N) is 2. The first kappa shape index (κ1) is 14.5. The van der Waals surface area contributed by atoms with Crippen LogP contribution in [0, 0.1) is 6.92 Å². The van der Waals surface area contributed by atoms with Crippen LogP contribution in [0.5, 0.6) is 0 Å². The maximum absolute atomic E-state index is 6.31. The van der Waals surface area contributed by atoms with Crippen molar-refractivity contribution in [3.8, 4) is 0 Å². The lowest BCUT2D eigenvalue weighted by Gasteiger charge is -2.16. The van der Waals surface area contributed by atoms with E-state index >= 15 is 0 Å². The van der Waals surface area contributed by atoms with Crippen LogP contribution in [-0.2, 0) is 0 Å². The summed E-state index contributed by atoms with van der Waals surface area (Å²) in [6.45, 7) is 5.94. The summed E-state index contributed by atoms with van der Waals surface area (Å²) in [5, 5.41) is 0.470. The summed E-state index contributed by atoms with van der Waals surface area (Å²) in [7, 11) is 0. The molecular formula is C16H16Cl2N2O. The largest absolute Gasteiger partial charge is 0.464 e. The van der Waals surface area contributed by atoms with Crippen LogP contribution in [0.25, 0.3) is 11.0 Å². The Morgan fingerprint density at radius 3 is 2.57 bits per heavy atom. The second-order valence-electron chi connectivity index (χ2n) is 5.21. The van der Waals surface area contributed by atoms with Crippen LogP contribution >= 0.6 is 23.2 Å². The van der Waals surface area contributed by atoms with Gasteiger partial charge in [-0.25, -0.2) is 4.98 Å². The van der Waals surface area contributed by atoms with Crippen molar-refractivity contribution in [3.63, 3.8) is 0 Å². The number of hydrogen-bond donors (Lipinski definition) is 0. The van der Waals surface area contributed by atoms with Crippen molar-refractivity contribution < 1.29 is 4.42 Å². The Hall–Kier alpha value is -1.45. The molecule has 0 bridgehead atoms. The van der Waals surface area contributed by atoms with Gasteiger partial charge in [0.2, 0.25) is 0 Å². The van der Waals surface area contributed by atoms with E-state index in [1.165, 1.54) is 0 Å². The van der Waals surface area contributed by atoms with Crippen LogP contribution in [0.3, 0.4) is 0 Å². The predicted octanol–water partition coefficient (Wildman–Crippen LogP) is 5.50. The zero-order chi connectivity index (χ0) is 15.1. The van der Waals surface area contributed by atoms with E-state index in [0.29, 0.717) is 5.02 Å². The first-order valence-electron chi connectivity index (χ1n) is 6.85. The third-order valence-electron chi connectivity index (χ3n) is 3.59. The Kier molecular flexibility index (Phi) is 3.72. The molecule has 0 saturated carbocycles. The number of aromatic nitrogens is 2. The van der Waals surface area contributed by atoms with Gasteiger partial charge in [0.1, 0.15) is 17.3 Å². The topological polar surface area (TPSA) is 31.0 Å². The number of hydrogen-bond acceptors (Lipinski definition) is 2. The van der Waals surface area contributed by atoms with Crippen LogP contribution in [0.4, 0.5) is 0 Å². The summed E-state index contributed by atoms with van der Waals surface area (Å²) < 4.78 is 7.87. The second-order valence-corrected chi connectivity index (χ2v) is 6.30. The van der Waals surface area contributed by atoms with Crippen LogP contribution in [0.1, 0.15) is 42.6 Å². The Labute approximate surface area is 133 Å². The summed E-state index contributed by atoms with van der Waals surface area (Å²) in [5.74, 6) is 2.60. The Morgan fingerprint density at radius 1 is 1.19 bits per heavy atom. The van der Waals surface area contributed by atoms with E-state index in [2.05, 4.69) is 16.5 Å². The third-order valence-corrected chi connectivity index (χ3v) is 4.03. The minimum atomic E-state index is -0.199. The minimum absolute atomic E-state index is 0.0149. The molecule has 0 radical (unpaired) electrons. The van der Waals surface area contributed by atoms with Gasteiger partial charge < -0.3 is 8.98 Å². The first-order chi connectivity index (χ1) is 9.97. The molecule has 2 atom stereocenters. The predicted molar refractivity (Wildman–Crippen MR) is 86.3 cm³/mol. The lowest BCUT2D eigenvalue weighted by atomic mass is 10.2. The van der Waals surface area contributed by atoms with Crippen molar-refractivity contribution in [1.29, 1.82) is 0 Å². The van der Waals surface area contributed by atoms with Gasteiger partial charge in [-0.15, -0.1) is 11.6 Å². The van der Waals surface area contributed by atoms with Crippen LogP contribution in [0.15, 0.2) is 34.7 Å². The fourth-order valence-corrected chi connectivity index (χ4v) is 2.90. The number of alkyl halides is 1. The SMILES string of the molecule is Cc1ccc(C(C)n2c(C(C)Cl)nc3cc(Cl)ccc32)o1. The maximum atomic E-state index is 6.31. The van der Waals surface area contributed by atoms with Crippen molar-refractivity contribution in [3.05, 3.63) is 52.7 Å². The molecular weight excluding hydrogens is 307 g/mol. The second kappa shape index (κ2) is 5.39. The van der Waals surface area contributed by atoms with Gasteiger partial charge in [0.15, 0.2) is 0 Å². The maximum Gasteiger partial charge on any atom is 0.128 e. The highest BCUT2D eigenvalue weighted by atomic mass is 35.5. The summed E-state index contributed by atoms with van der Waals surface area (Å²) in [6.07, 6.45) is 0. The molecule has 2 aromatic heterocycles. The highest BCUT2D eigenvalue weighted by molar-refractivity contribution is 6.31. The number of halogens is 2. The molecule has 5 heteroatoms. The zero-order valence-electron chi connectivity index (χ0n) is 12.1. The smallest absolute Gasteiger partial charge is 0.128 e. The molecule has 0 aliphatic carbocycles. The van der Waals surface area contributed by atoms with Gasteiger partial charge in [0, 0.05) is 5.02 Å². The quantitative estimate of drug-likeness (QED) is 0.596. The van der Waals surface area contributed by atoms with E-state index in [1.54, 1.807) is 0 Å². The van der Waals surface area contributed by atoms with Crippen LogP contribution < -0.4 is 0 Å². The van der Waals surface area contributed by atoms with Crippen LogP contribution in [0.2, 0.25) is 5.02 Å². The lowest BCUT2D eigenvalue weighted by molar-refractivity contribution is 0.427. The number of benzene rings is 1. The van der Waals surface area contributed by atoms with Gasteiger partial charge in [-0.1, -0.05) is 11.6 Å². The molecule has 21 heavy (non-hydrogen) atoms. The summed E-state index contributed by atoms with van der Waals surface area (Å²) in [6, 6.07) is 9.66. The Balaban J connectivity index is 2.21. The molecule has 2 heterocycles. The van der Waals surface area contributed by atoms with E-state index in [-0.39, 0.29) is 11.4 Å². The molecule has 3 aromatic rings. The molecule has 0 spiro atoms. The molecule has 3 rings (SSSR count).